The van der Waals surface area contributed by atoms with E-state index in [4.69, 9.17) is 5.73 Å². The third-order valence-electron chi connectivity index (χ3n) is 3.39. The Morgan fingerprint density at radius 1 is 1.28 bits per heavy atom. The molecule has 1 aromatic carbocycles. The van der Waals surface area contributed by atoms with E-state index in [1.807, 2.05) is 0 Å². The maximum atomic E-state index is 12.6. The van der Waals surface area contributed by atoms with E-state index in [1.54, 1.807) is 4.98 Å². The molecule has 0 radical (unpaired) electrons. The van der Waals surface area contributed by atoms with E-state index in [0.717, 1.165) is 0 Å². The van der Waals surface area contributed by atoms with Gasteiger partial charge in [0.05, 0.1) is 12.8 Å². The van der Waals surface area contributed by atoms with Gasteiger partial charge in [0.15, 0.2) is 0 Å². The summed E-state index contributed by atoms with van der Waals surface area (Å²) >= 11 is 0. The normalized spacial score (nSPS) is 12.7. The number of benzene rings is 1. The van der Waals surface area contributed by atoms with Crippen molar-refractivity contribution in [2.24, 2.45) is 5.73 Å². The number of nitrogens with one attached hydrogen (secondary N) is 1. The van der Waals surface area contributed by atoms with Crippen LogP contribution < -0.4 is 17.0 Å². The number of hydrogen-bond donors (Lipinski definition) is 2. The summed E-state index contributed by atoms with van der Waals surface area (Å²) in [5.74, 6) is -0.598. The van der Waals surface area contributed by atoms with Gasteiger partial charge in [-0.3, -0.25) is 9.59 Å². The number of H-pyrrole nitrogens is 1. The third kappa shape index (κ3) is 4.15. The van der Waals surface area contributed by atoms with Crippen LogP contribution in [0, 0.1) is 0 Å². The molecule has 0 aliphatic carbocycles. The number of alkyl halides is 3. The number of nitrogens with two attached hydrogens (primary N) is 1. The Balaban J connectivity index is 2.33. The molecule has 3 N–H and O–H groups in total. The van der Waals surface area contributed by atoms with E-state index >= 15 is 0 Å². The summed E-state index contributed by atoms with van der Waals surface area (Å²) in [5, 5.41) is 0. The first-order chi connectivity index (χ1) is 11.6. The third-order valence-corrected chi connectivity index (χ3v) is 3.39. The maximum Gasteiger partial charge on any atom is 0.431 e. The minimum atomic E-state index is -4.83. The quantitative estimate of drug-likeness (QED) is 0.779. The van der Waals surface area contributed by atoms with Gasteiger partial charge in [-0.15, -0.1) is 0 Å². The number of rotatable bonds is 4. The predicted molar refractivity (Wildman–Crippen MR) is 81.4 cm³/mol. The van der Waals surface area contributed by atoms with Crippen molar-refractivity contribution in [3.63, 3.8) is 0 Å². The Labute approximate surface area is 138 Å². The molecule has 0 spiro atoms. The topological polar surface area (TPSA) is 107 Å². The Morgan fingerprint density at radius 3 is 2.36 bits per heavy atom. The van der Waals surface area contributed by atoms with Gasteiger partial charge >= 0.3 is 17.8 Å². The lowest BCUT2D eigenvalue weighted by Gasteiger charge is -2.11. The summed E-state index contributed by atoms with van der Waals surface area (Å²) in [5.41, 5.74) is 2.58. The Bertz CT molecular complexity index is 853. The summed E-state index contributed by atoms with van der Waals surface area (Å²) in [4.78, 5) is 36.6. The fraction of sp³-hybridized carbons (Fsp3) is 0.267. The Kier molecular flexibility index (Phi) is 5.12. The zero-order valence-corrected chi connectivity index (χ0v) is 13.0. The van der Waals surface area contributed by atoms with Gasteiger partial charge in [-0.2, -0.15) is 13.2 Å². The highest BCUT2D eigenvalue weighted by Gasteiger charge is 2.33. The number of esters is 1. The Hall–Kier alpha value is -2.88. The standard InChI is InChI=1S/C15H14F3N3O4/c1-25-13(23)10(19)6-8-2-4-9(5-3-8)21-12(22)7-11(15(16,17)18)20-14(21)24/h2-5,7,10H,6,19H2,1H3,(H,20,24)/t10-/m0/s1. The number of carbonyl (C=O) groups is 1. The van der Waals surface area contributed by atoms with Crippen molar-refractivity contribution < 1.29 is 22.7 Å². The Morgan fingerprint density at radius 2 is 1.88 bits per heavy atom. The van der Waals surface area contributed by atoms with Crippen LogP contribution >= 0.6 is 0 Å². The van der Waals surface area contributed by atoms with E-state index in [2.05, 4.69) is 4.74 Å². The molecule has 1 atom stereocenters. The molecule has 0 amide bonds. The predicted octanol–water partition coefficient (Wildman–Crippen LogP) is 0.587. The molecule has 0 bridgehead atoms. The lowest BCUT2D eigenvalue weighted by molar-refractivity contribution is -0.142. The van der Waals surface area contributed by atoms with Crippen molar-refractivity contribution in [3.8, 4) is 5.69 Å². The number of aromatic nitrogens is 2. The average molecular weight is 357 g/mol. The lowest BCUT2D eigenvalue weighted by Crippen LogP contribution is -2.36. The van der Waals surface area contributed by atoms with Crippen molar-refractivity contribution in [1.29, 1.82) is 0 Å². The smallest absolute Gasteiger partial charge is 0.431 e. The maximum absolute atomic E-state index is 12.6. The van der Waals surface area contributed by atoms with Crippen LogP contribution in [0.5, 0.6) is 0 Å². The SMILES string of the molecule is COC(=O)[C@@H](N)Cc1ccc(-n2c(=O)cc(C(F)(F)F)[nH]c2=O)cc1. The van der Waals surface area contributed by atoms with Gasteiger partial charge in [0.25, 0.3) is 5.56 Å². The minimum Gasteiger partial charge on any atom is -0.468 e. The van der Waals surface area contributed by atoms with Crippen LogP contribution in [0.2, 0.25) is 0 Å². The molecule has 0 unspecified atom stereocenters. The van der Waals surface area contributed by atoms with Crippen molar-refractivity contribution >= 4 is 5.97 Å². The zero-order valence-electron chi connectivity index (χ0n) is 13.0. The number of ether oxygens (including phenoxy) is 1. The van der Waals surface area contributed by atoms with Crippen molar-refractivity contribution in [2.75, 3.05) is 7.11 Å². The van der Waals surface area contributed by atoms with Crippen LogP contribution in [0.4, 0.5) is 13.2 Å². The summed E-state index contributed by atoms with van der Waals surface area (Å²) in [7, 11) is 1.20. The fourth-order valence-electron chi connectivity index (χ4n) is 2.16. The number of methoxy groups -OCH3 is 1. The lowest BCUT2D eigenvalue weighted by atomic mass is 10.1. The van der Waals surface area contributed by atoms with Gasteiger partial charge in [0.2, 0.25) is 0 Å². The molecule has 10 heteroatoms. The molecule has 1 heterocycles. The van der Waals surface area contributed by atoms with Gasteiger partial charge in [0.1, 0.15) is 11.7 Å². The van der Waals surface area contributed by atoms with Gasteiger partial charge in [-0.1, -0.05) is 12.1 Å². The van der Waals surface area contributed by atoms with Crippen LogP contribution in [-0.4, -0.2) is 28.7 Å². The van der Waals surface area contributed by atoms with Crippen LogP contribution in [0.25, 0.3) is 5.69 Å². The minimum absolute atomic E-state index is 0.0790. The molecule has 134 valence electrons. The van der Waals surface area contributed by atoms with E-state index in [9.17, 15) is 27.6 Å². The number of nitrogens with zero attached hydrogens (tertiary/aromatic N) is 1. The van der Waals surface area contributed by atoms with Crippen molar-refractivity contribution in [1.82, 2.24) is 9.55 Å². The molecule has 7 nitrogen and oxygen atoms in total. The van der Waals surface area contributed by atoms with Gasteiger partial charge in [0, 0.05) is 6.07 Å². The largest absolute Gasteiger partial charge is 0.468 e. The summed E-state index contributed by atoms with van der Waals surface area (Å²) in [6.45, 7) is 0. The van der Waals surface area contributed by atoms with E-state index < -0.39 is 35.1 Å². The molecular formula is C15H14F3N3O4. The van der Waals surface area contributed by atoms with Crippen molar-refractivity contribution in [2.45, 2.75) is 18.6 Å². The second-order valence-electron chi connectivity index (χ2n) is 5.16. The number of halogens is 3. The molecule has 2 rings (SSSR count). The molecular weight excluding hydrogens is 343 g/mol. The highest BCUT2D eigenvalue weighted by atomic mass is 19.4. The monoisotopic (exact) mass is 357 g/mol. The van der Waals surface area contributed by atoms with Crippen LogP contribution in [0.3, 0.4) is 0 Å². The first-order valence-corrected chi connectivity index (χ1v) is 7.00. The van der Waals surface area contributed by atoms with Gasteiger partial charge in [-0.05, 0) is 24.1 Å². The van der Waals surface area contributed by atoms with Crippen LogP contribution in [-0.2, 0) is 22.1 Å². The first-order valence-electron chi connectivity index (χ1n) is 7.00. The van der Waals surface area contributed by atoms with Crippen LogP contribution in [0.15, 0.2) is 39.9 Å². The fourth-order valence-corrected chi connectivity index (χ4v) is 2.16. The zero-order chi connectivity index (χ0) is 18.8. The molecule has 25 heavy (non-hydrogen) atoms. The molecule has 0 fully saturated rings. The van der Waals surface area contributed by atoms with E-state index in [0.29, 0.717) is 16.2 Å². The van der Waals surface area contributed by atoms with Crippen molar-refractivity contribution in [3.05, 3.63) is 62.4 Å². The summed E-state index contributed by atoms with van der Waals surface area (Å²) in [6.07, 6.45) is -4.67. The molecule has 0 aliphatic rings. The summed E-state index contributed by atoms with van der Waals surface area (Å²) < 4.78 is 42.8. The molecule has 1 aromatic heterocycles. The van der Waals surface area contributed by atoms with Gasteiger partial charge in [-0.25, -0.2) is 9.36 Å². The molecule has 2 aromatic rings. The second-order valence-corrected chi connectivity index (χ2v) is 5.16. The number of hydrogen-bond acceptors (Lipinski definition) is 5. The molecule has 0 aliphatic heterocycles. The van der Waals surface area contributed by atoms with Gasteiger partial charge < -0.3 is 15.5 Å². The second kappa shape index (κ2) is 6.93. The van der Waals surface area contributed by atoms with E-state index in [1.165, 1.54) is 31.4 Å². The highest BCUT2D eigenvalue weighted by molar-refractivity contribution is 5.75. The average Bonchev–Trinajstić information content (AvgIpc) is 2.54. The highest BCUT2D eigenvalue weighted by Crippen LogP contribution is 2.25. The molecule has 0 saturated carbocycles. The van der Waals surface area contributed by atoms with Crippen LogP contribution in [0.1, 0.15) is 11.3 Å². The summed E-state index contributed by atoms with van der Waals surface area (Å²) in [6, 6.07) is 5.16. The first kappa shape index (κ1) is 18.5. The van der Waals surface area contributed by atoms with E-state index in [-0.39, 0.29) is 12.1 Å². The number of aromatic amines is 1. The molecule has 0 saturated heterocycles. The number of carbonyl (C=O) groups excluding carboxylic acids is 1.